The molecule has 3 N–H and O–H groups in total. The van der Waals surface area contributed by atoms with Crippen LogP contribution in [0.4, 0.5) is 10.1 Å². The molecule has 2 aliphatic rings. The lowest BCUT2D eigenvalue weighted by Gasteiger charge is -2.26. The van der Waals surface area contributed by atoms with E-state index in [1.54, 1.807) is 0 Å². The molecule has 0 saturated heterocycles. The summed E-state index contributed by atoms with van der Waals surface area (Å²) in [6.07, 6.45) is 1.69. The lowest BCUT2D eigenvalue weighted by atomic mass is 9.94. The Balaban J connectivity index is 1.64. The molecule has 0 atom stereocenters. The van der Waals surface area contributed by atoms with Crippen LogP contribution in [0.5, 0.6) is 11.5 Å². The summed E-state index contributed by atoms with van der Waals surface area (Å²) < 4.78 is 53.2. The number of sulfonamides is 1. The number of aliphatic hydroxyl groups is 1. The molecule has 1 fully saturated rings. The van der Waals surface area contributed by atoms with E-state index < -0.39 is 27.9 Å². The molecule has 0 bridgehead atoms. The van der Waals surface area contributed by atoms with Gasteiger partial charge in [-0.1, -0.05) is 6.07 Å². The Morgan fingerprint density at radius 1 is 1.06 bits per heavy atom. The maximum atomic E-state index is 13.5. The van der Waals surface area contributed by atoms with Crippen molar-refractivity contribution in [3.05, 3.63) is 47.8 Å². The maximum Gasteiger partial charge on any atom is 0.259 e. The average molecular weight is 450 g/mol. The van der Waals surface area contributed by atoms with Crippen molar-refractivity contribution in [2.45, 2.75) is 42.7 Å². The highest BCUT2D eigenvalue weighted by Crippen LogP contribution is 2.37. The quantitative estimate of drug-likeness (QED) is 0.645. The number of anilines is 1. The third-order valence-corrected chi connectivity index (χ3v) is 6.77. The molecule has 1 amide bonds. The molecule has 166 valence electrons. The number of halogens is 1. The summed E-state index contributed by atoms with van der Waals surface area (Å²) >= 11 is 0. The monoisotopic (exact) mass is 450 g/mol. The van der Waals surface area contributed by atoms with E-state index in [2.05, 4.69) is 10.0 Å². The molecule has 1 aliphatic heterocycles. The summed E-state index contributed by atoms with van der Waals surface area (Å²) in [4.78, 5) is 12.8. The number of carbonyl (C=O) groups excluding carboxylic acids is 1. The Hall–Kier alpha value is -2.69. The van der Waals surface area contributed by atoms with Gasteiger partial charge in [0.25, 0.3) is 5.91 Å². The molecule has 31 heavy (non-hydrogen) atoms. The van der Waals surface area contributed by atoms with Crippen LogP contribution in [0.15, 0.2) is 41.3 Å². The zero-order valence-electron chi connectivity index (χ0n) is 16.6. The Bertz CT molecular complexity index is 1080. The van der Waals surface area contributed by atoms with Crippen molar-refractivity contribution in [1.82, 2.24) is 4.72 Å². The second-order valence-corrected chi connectivity index (χ2v) is 9.30. The number of ether oxygens (including phenoxy) is 2. The Kier molecular flexibility index (Phi) is 6.12. The predicted molar refractivity (Wildman–Crippen MR) is 110 cm³/mol. The standard InChI is InChI=1S/C21H23FN2O6S/c22-13-2-1-3-15(10-13)23-21(26)18-11-17(12-19-20(18)30-9-8-29-19)31(27,28)24-14-4-6-16(25)7-5-14/h1-3,10-12,14,16,24-25H,4-9H2,(H,23,26). The van der Waals surface area contributed by atoms with Crippen LogP contribution in [0.3, 0.4) is 0 Å². The van der Waals surface area contributed by atoms with E-state index in [1.165, 1.54) is 30.3 Å². The normalized spacial score (nSPS) is 20.8. The molecule has 8 nitrogen and oxygen atoms in total. The van der Waals surface area contributed by atoms with E-state index in [-0.39, 0.29) is 46.9 Å². The fraction of sp³-hybridized carbons (Fsp3) is 0.381. The number of aliphatic hydroxyl groups excluding tert-OH is 1. The Morgan fingerprint density at radius 3 is 2.55 bits per heavy atom. The summed E-state index contributed by atoms with van der Waals surface area (Å²) in [5.74, 6) is -0.875. The molecular formula is C21H23FN2O6S. The third-order valence-electron chi connectivity index (χ3n) is 5.27. The molecule has 1 aliphatic carbocycles. The van der Waals surface area contributed by atoms with Crippen LogP contribution in [0.1, 0.15) is 36.0 Å². The lowest BCUT2D eigenvalue weighted by Crippen LogP contribution is -2.38. The van der Waals surface area contributed by atoms with E-state index in [0.717, 1.165) is 6.07 Å². The molecule has 0 unspecified atom stereocenters. The highest BCUT2D eigenvalue weighted by molar-refractivity contribution is 7.89. The first-order chi connectivity index (χ1) is 14.8. The summed E-state index contributed by atoms with van der Waals surface area (Å²) in [6.45, 7) is 0.428. The average Bonchev–Trinajstić information content (AvgIpc) is 2.74. The van der Waals surface area contributed by atoms with Crippen molar-refractivity contribution < 1.29 is 32.2 Å². The van der Waals surface area contributed by atoms with E-state index in [9.17, 15) is 22.7 Å². The third kappa shape index (κ3) is 4.97. The van der Waals surface area contributed by atoms with Crippen LogP contribution in [0, 0.1) is 5.82 Å². The van der Waals surface area contributed by atoms with Crippen LogP contribution in [0.2, 0.25) is 0 Å². The van der Waals surface area contributed by atoms with Gasteiger partial charge in [0.15, 0.2) is 11.5 Å². The largest absolute Gasteiger partial charge is 0.486 e. The van der Waals surface area contributed by atoms with Gasteiger partial charge in [0.1, 0.15) is 19.0 Å². The minimum Gasteiger partial charge on any atom is -0.486 e. The molecule has 1 heterocycles. The van der Waals surface area contributed by atoms with Crippen molar-refractivity contribution in [2.24, 2.45) is 0 Å². The molecule has 10 heteroatoms. The zero-order valence-corrected chi connectivity index (χ0v) is 17.5. The van der Waals surface area contributed by atoms with Gasteiger partial charge in [-0.05, 0) is 49.9 Å². The smallest absolute Gasteiger partial charge is 0.259 e. The van der Waals surface area contributed by atoms with Crippen molar-refractivity contribution in [1.29, 1.82) is 0 Å². The second kappa shape index (κ2) is 8.81. The van der Waals surface area contributed by atoms with Crippen LogP contribution >= 0.6 is 0 Å². The molecule has 0 spiro atoms. The fourth-order valence-electron chi connectivity index (χ4n) is 3.70. The van der Waals surface area contributed by atoms with Gasteiger partial charge in [0.05, 0.1) is 16.6 Å². The minimum absolute atomic E-state index is 0.0269. The molecule has 0 aromatic heterocycles. The number of hydrogen-bond donors (Lipinski definition) is 3. The number of hydrogen-bond acceptors (Lipinski definition) is 6. The zero-order chi connectivity index (χ0) is 22.0. The number of nitrogens with one attached hydrogen (secondary N) is 2. The van der Waals surface area contributed by atoms with Gasteiger partial charge in [0.2, 0.25) is 10.0 Å². The van der Waals surface area contributed by atoms with Gasteiger partial charge < -0.3 is 19.9 Å². The maximum absolute atomic E-state index is 13.5. The van der Waals surface area contributed by atoms with Crippen LogP contribution in [0.25, 0.3) is 0 Å². The highest BCUT2D eigenvalue weighted by Gasteiger charge is 2.29. The summed E-state index contributed by atoms with van der Waals surface area (Å²) in [5, 5.41) is 12.2. The fourth-order valence-corrected chi connectivity index (χ4v) is 5.04. The SMILES string of the molecule is O=C(Nc1cccc(F)c1)c1cc(S(=O)(=O)NC2CCC(O)CC2)cc2c1OCCO2. The van der Waals surface area contributed by atoms with Crippen LogP contribution < -0.4 is 19.5 Å². The van der Waals surface area contributed by atoms with Gasteiger partial charge >= 0.3 is 0 Å². The van der Waals surface area contributed by atoms with Gasteiger partial charge in [-0.3, -0.25) is 4.79 Å². The molecule has 1 saturated carbocycles. The number of carbonyl (C=O) groups is 1. The van der Waals surface area contributed by atoms with Crippen molar-refractivity contribution in [3.63, 3.8) is 0 Å². The summed E-state index contributed by atoms with van der Waals surface area (Å²) in [6, 6.07) is 7.62. The summed E-state index contributed by atoms with van der Waals surface area (Å²) in [5.41, 5.74) is 0.198. The first kappa shape index (κ1) is 21.5. The number of rotatable bonds is 5. The highest BCUT2D eigenvalue weighted by atomic mass is 32.2. The molecule has 2 aromatic rings. The Labute approximate surface area is 179 Å². The van der Waals surface area contributed by atoms with E-state index in [0.29, 0.717) is 25.7 Å². The van der Waals surface area contributed by atoms with Gasteiger partial charge in [-0.2, -0.15) is 0 Å². The van der Waals surface area contributed by atoms with E-state index in [1.807, 2.05) is 0 Å². The van der Waals surface area contributed by atoms with E-state index >= 15 is 0 Å². The van der Waals surface area contributed by atoms with Crippen LogP contribution in [-0.2, 0) is 10.0 Å². The second-order valence-electron chi connectivity index (χ2n) is 7.59. The minimum atomic E-state index is -3.95. The van der Waals surface area contributed by atoms with Crippen molar-refractivity contribution >= 4 is 21.6 Å². The molecule has 2 aromatic carbocycles. The van der Waals surface area contributed by atoms with Gasteiger partial charge in [0, 0.05) is 17.8 Å². The molecule has 0 radical (unpaired) electrons. The van der Waals surface area contributed by atoms with Crippen molar-refractivity contribution in [3.8, 4) is 11.5 Å². The van der Waals surface area contributed by atoms with Gasteiger partial charge in [-0.25, -0.2) is 17.5 Å². The number of amides is 1. The van der Waals surface area contributed by atoms with E-state index in [4.69, 9.17) is 9.47 Å². The summed E-state index contributed by atoms with van der Waals surface area (Å²) in [7, 11) is -3.95. The van der Waals surface area contributed by atoms with Gasteiger partial charge in [-0.15, -0.1) is 0 Å². The number of fused-ring (bicyclic) bond motifs is 1. The van der Waals surface area contributed by atoms with Crippen LogP contribution in [-0.4, -0.2) is 44.8 Å². The molecular weight excluding hydrogens is 427 g/mol. The number of benzene rings is 2. The predicted octanol–water partition coefficient (Wildman–Crippen LogP) is 2.43. The van der Waals surface area contributed by atoms with Crippen molar-refractivity contribution in [2.75, 3.05) is 18.5 Å². The topological polar surface area (TPSA) is 114 Å². The Morgan fingerprint density at radius 2 is 1.81 bits per heavy atom. The first-order valence-electron chi connectivity index (χ1n) is 10.0. The lowest BCUT2D eigenvalue weighted by molar-refractivity contribution is 0.101. The molecule has 4 rings (SSSR count). The first-order valence-corrected chi connectivity index (χ1v) is 11.5.